The third-order valence-corrected chi connectivity index (χ3v) is 4.70. The van der Waals surface area contributed by atoms with Gasteiger partial charge in [0.05, 0.1) is 5.56 Å². The number of nitrogens with two attached hydrogens (primary N) is 2. The van der Waals surface area contributed by atoms with Crippen LogP contribution in [0.5, 0.6) is 0 Å². The van der Waals surface area contributed by atoms with Crippen LogP contribution in [-0.2, 0) is 10.3 Å². The zero-order valence-corrected chi connectivity index (χ0v) is 16.1. The van der Waals surface area contributed by atoms with Crippen LogP contribution in [0.1, 0.15) is 33.3 Å². The molecule has 0 fully saturated rings. The Bertz CT molecular complexity index is 1090. The lowest BCUT2D eigenvalue weighted by molar-refractivity contribution is -0.116. The first-order chi connectivity index (χ1) is 14.4. The molecular formula is C19H17F4N5O3. The van der Waals surface area contributed by atoms with Crippen molar-refractivity contribution < 1.29 is 31.9 Å². The number of nitrogens with one attached hydrogen (secondary N) is 1. The molecule has 0 saturated carbocycles. The Morgan fingerprint density at radius 3 is 2.55 bits per heavy atom. The molecule has 0 saturated heterocycles. The maximum absolute atomic E-state index is 14.7. The zero-order valence-electron chi connectivity index (χ0n) is 16.1. The molecule has 2 amide bonds. The number of aromatic nitrogens is 1. The number of carbonyl (C=O) groups is 2. The Hall–Kier alpha value is -3.54. The van der Waals surface area contributed by atoms with Gasteiger partial charge < -0.3 is 21.5 Å². The largest absolute Gasteiger partial charge is 0.385 e. The number of ether oxygens (including phenoxy) is 1. The second-order valence-electron chi connectivity index (χ2n) is 6.94. The number of amidine groups is 1. The Labute approximate surface area is 173 Å². The van der Waals surface area contributed by atoms with Crippen LogP contribution in [0.3, 0.4) is 0 Å². The van der Waals surface area contributed by atoms with Crippen molar-refractivity contribution in [1.29, 1.82) is 0 Å². The Balaban J connectivity index is 1.97. The smallest absolute Gasteiger partial charge is 0.299 e. The third kappa shape index (κ3) is 4.19. The number of halogens is 4. The molecule has 0 bridgehead atoms. The predicted molar refractivity (Wildman–Crippen MR) is 102 cm³/mol. The maximum Gasteiger partial charge on any atom is 0.299 e. The van der Waals surface area contributed by atoms with E-state index in [4.69, 9.17) is 16.2 Å². The van der Waals surface area contributed by atoms with Crippen molar-refractivity contribution >= 4 is 23.3 Å². The number of nitrogens with zero attached hydrogens (tertiary/aromatic N) is 2. The third-order valence-electron chi connectivity index (χ3n) is 4.70. The molecule has 164 valence electrons. The number of benzene rings is 1. The van der Waals surface area contributed by atoms with E-state index in [1.165, 1.54) is 0 Å². The fraction of sp³-hybridized carbons (Fsp3) is 0.263. The topological polar surface area (TPSA) is 133 Å². The summed E-state index contributed by atoms with van der Waals surface area (Å²) in [6.07, 6.45) is 0.904. The van der Waals surface area contributed by atoms with E-state index in [2.05, 4.69) is 15.3 Å². The number of amides is 2. The van der Waals surface area contributed by atoms with Gasteiger partial charge in [-0.3, -0.25) is 14.6 Å². The first-order valence-corrected chi connectivity index (χ1v) is 8.81. The van der Waals surface area contributed by atoms with E-state index >= 15 is 0 Å². The van der Waals surface area contributed by atoms with Crippen molar-refractivity contribution in [1.82, 2.24) is 4.98 Å². The van der Waals surface area contributed by atoms with Crippen LogP contribution in [0.4, 0.5) is 23.2 Å². The second kappa shape index (κ2) is 7.95. The second-order valence-corrected chi connectivity index (χ2v) is 6.94. The summed E-state index contributed by atoms with van der Waals surface area (Å²) in [4.78, 5) is 30.7. The van der Waals surface area contributed by atoms with Crippen molar-refractivity contribution in [2.45, 2.75) is 18.4 Å². The lowest BCUT2D eigenvalue weighted by atomic mass is 9.85. The summed E-state index contributed by atoms with van der Waals surface area (Å²) in [6, 6.07) is 3.61. The minimum absolute atomic E-state index is 0.127. The number of alkyl halides is 2. The van der Waals surface area contributed by atoms with Gasteiger partial charge in [-0.15, -0.1) is 0 Å². The minimum Gasteiger partial charge on any atom is -0.385 e. The molecule has 0 spiro atoms. The highest BCUT2D eigenvalue weighted by molar-refractivity contribution is 6.03. The fourth-order valence-corrected chi connectivity index (χ4v) is 2.99. The number of aliphatic imine (C=N–C) groups is 1. The maximum atomic E-state index is 14.7. The van der Waals surface area contributed by atoms with E-state index in [0.717, 1.165) is 37.4 Å². The normalized spacial score (nSPS) is 20.5. The summed E-state index contributed by atoms with van der Waals surface area (Å²) in [5.41, 5.74) is 6.56. The van der Waals surface area contributed by atoms with Gasteiger partial charge in [-0.1, -0.05) is 0 Å². The number of pyridine rings is 1. The molecule has 1 atom stereocenters. The molecule has 3 rings (SSSR count). The van der Waals surface area contributed by atoms with Gasteiger partial charge in [0.1, 0.15) is 24.9 Å². The van der Waals surface area contributed by atoms with E-state index in [1.807, 2.05) is 0 Å². The molecule has 1 aromatic carbocycles. The molecule has 2 heterocycles. The molecule has 2 aromatic rings. The number of anilines is 1. The van der Waals surface area contributed by atoms with Gasteiger partial charge in [-0.05, 0) is 31.2 Å². The molecule has 0 radical (unpaired) electrons. The summed E-state index contributed by atoms with van der Waals surface area (Å²) in [5, 5.41) is 2.25. The van der Waals surface area contributed by atoms with Crippen LogP contribution < -0.4 is 16.8 Å². The fourth-order valence-electron chi connectivity index (χ4n) is 2.99. The van der Waals surface area contributed by atoms with Crippen LogP contribution in [0.25, 0.3) is 0 Å². The van der Waals surface area contributed by atoms with Crippen molar-refractivity contribution in [3.8, 4) is 0 Å². The van der Waals surface area contributed by atoms with Crippen LogP contribution in [0.2, 0.25) is 0 Å². The van der Waals surface area contributed by atoms with Crippen LogP contribution in [-0.4, -0.2) is 41.8 Å². The summed E-state index contributed by atoms with van der Waals surface area (Å²) in [6.45, 7) is -0.414. The summed E-state index contributed by atoms with van der Waals surface area (Å²) in [5.74, 6) is -8.04. The van der Waals surface area contributed by atoms with Crippen LogP contribution >= 0.6 is 0 Å². The van der Waals surface area contributed by atoms with E-state index in [0.29, 0.717) is 0 Å². The van der Waals surface area contributed by atoms with Gasteiger partial charge in [0.15, 0.2) is 17.1 Å². The van der Waals surface area contributed by atoms with Gasteiger partial charge in [0, 0.05) is 17.4 Å². The van der Waals surface area contributed by atoms with E-state index in [1.54, 1.807) is 0 Å². The molecule has 1 aliphatic heterocycles. The van der Waals surface area contributed by atoms with E-state index in [9.17, 15) is 27.2 Å². The number of hydrogen-bond acceptors (Lipinski definition) is 6. The Kier molecular flexibility index (Phi) is 5.68. The number of carbonyl (C=O) groups excluding carboxylic acids is 2. The van der Waals surface area contributed by atoms with Crippen LogP contribution in [0, 0.1) is 11.6 Å². The first kappa shape index (κ1) is 22.2. The SMILES string of the molecule is C[C@]1(c2cc(NC(=O)c3ncc(C(N)=O)cc3F)ccc2F)N=C(N)COCC1(F)F. The quantitative estimate of drug-likeness (QED) is 0.627. The number of hydrogen-bond donors (Lipinski definition) is 3. The van der Waals surface area contributed by atoms with Crippen molar-refractivity contribution in [3.05, 3.63) is 58.9 Å². The first-order valence-electron chi connectivity index (χ1n) is 8.81. The highest BCUT2D eigenvalue weighted by Gasteiger charge is 2.54. The molecule has 12 heteroatoms. The van der Waals surface area contributed by atoms with Gasteiger partial charge in [-0.2, -0.15) is 0 Å². The lowest BCUT2D eigenvalue weighted by Crippen LogP contribution is -2.45. The number of rotatable bonds is 4. The van der Waals surface area contributed by atoms with Gasteiger partial charge in [0.2, 0.25) is 5.91 Å². The van der Waals surface area contributed by atoms with Crippen molar-refractivity contribution in [3.63, 3.8) is 0 Å². The molecule has 5 N–H and O–H groups in total. The minimum atomic E-state index is -3.63. The molecular weight excluding hydrogens is 422 g/mol. The van der Waals surface area contributed by atoms with Gasteiger partial charge >= 0.3 is 0 Å². The molecule has 1 aromatic heterocycles. The summed E-state index contributed by atoms with van der Waals surface area (Å²) in [7, 11) is 0. The van der Waals surface area contributed by atoms with Crippen molar-refractivity contribution in [2.24, 2.45) is 16.5 Å². The van der Waals surface area contributed by atoms with Crippen LogP contribution in [0.15, 0.2) is 35.5 Å². The molecule has 8 nitrogen and oxygen atoms in total. The lowest BCUT2D eigenvalue weighted by Gasteiger charge is -2.33. The van der Waals surface area contributed by atoms with Gasteiger partial charge in [-0.25, -0.2) is 22.5 Å². The zero-order chi connectivity index (χ0) is 23.0. The summed E-state index contributed by atoms with van der Waals surface area (Å²) >= 11 is 0. The van der Waals surface area contributed by atoms with Crippen molar-refractivity contribution in [2.75, 3.05) is 18.5 Å². The average molecular weight is 439 g/mol. The molecule has 1 aliphatic rings. The van der Waals surface area contributed by atoms with Gasteiger partial charge in [0.25, 0.3) is 11.8 Å². The summed E-state index contributed by atoms with van der Waals surface area (Å²) < 4.78 is 62.9. The Morgan fingerprint density at radius 2 is 1.90 bits per heavy atom. The highest BCUT2D eigenvalue weighted by atomic mass is 19.3. The number of primary amides is 1. The monoisotopic (exact) mass is 439 g/mol. The molecule has 0 unspecified atom stereocenters. The average Bonchev–Trinajstić information content (AvgIpc) is 2.78. The Morgan fingerprint density at radius 1 is 1.19 bits per heavy atom. The molecule has 31 heavy (non-hydrogen) atoms. The standard InChI is InChI=1S/C19H17F4N5O3/c1-18(19(22,23)8-31-7-14(24)28-18)11-5-10(2-3-12(11)20)27-17(30)15-13(21)4-9(6-26-15)16(25)29/h2-6H,7-8H2,1H3,(H2,24,28)(H2,25,29)(H,27,30)/t18-/m1/s1. The predicted octanol–water partition coefficient (Wildman–Crippen LogP) is 1.95. The van der Waals surface area contributed by atoms with E-state index in [-0.39, 0.29) is 23.7 Å². The molecule has 0 aliphatic carbocycles. The highest BCUT2D eigenvalue weighted by Crippen LogP contribution is 2.44. The van der Waals surface area contributed by atoms with E-state index < -0.39 is 52.8 Å².